The molecular formula is C13H22N2O6. The molecule has 1 unspecified atom stereocenters. The summed E-state index contributed by atoms with van der Waals surface area (Å²) in [5.74, 6) is -2.14. The molecule has 1 fully saturated rings. The van der Waals surface area contributed by atoms with E-state index in [0.29, 0.717) is 19.7 Å². The van der Waals surface area contributed by atoms with E-state index in [2.05, 4.69) is 5.32 Å². The Kier molecular flexibility index (Phi) is 6.93. The third kappa shape index (κ3) is 5.99. The number of rotatable bonds is 7. The van der Waals surface area contributed by atoms with Gasteiger partial charge in [-0.2, -0.15) is 0 Å². The van der Waals surface area contributed by atoms with Gasteiger partial charge in [0.1, 0.15) is 6.04 Å². The highest BCUT2D eigenvalue weighted by molar-refractivity contribution is 5.82. The summed E-state index contributed by atoms with van der Waals surface area (Å²) in [4.78, 5) is 35.1. The molecule has 2 amide bonds. The molecule has 0 saturated carbocycles. The maximum atomic E-state index is 12.1. The summed E-state index contributed by atoms with van der Waals surface area (Å²) >= 11 is 0. The maximum absolute atomic E-state index is 12.1. The highest BCUT2D eigenvalue weighted by atomic mass is 16.5. The number of hydrogen-bond acceptors (Lipinski definition) is 4. The number of carbonyl (C=O) groups is 3. The summed E-state index contributed by atoms with van der Waals surface area (Å²) in [6.45, 7) is 3.24. The van der Waals surface area contributed by atoms with Crippen molar-refractivity contribution in [3.63, 3.8) is 0 Å². The van der Waals surface area contributed by atoms with E-state index in [4.69, 9.17) is 14.9 Å². The van der Waals surface area contributed by atoms with Gasteiger partial charge in [-0.3, -0.25) is 4.79 Å². The van der Waals surface area contributed by atoms with Gasteiger partial charge in [0, 0.05) is 19.5 Å². The van der Waals surface area contributed by atoms with Crippen molar-refractivity contribution in [1.29, 1.82) is 0 Å². The minimum absolute atomic E-state index is 0.0280. The normalized spacial score (nSPS) is 19.9. The predicted octanol–water partition coefficient (Wildman–Crippen LogP) is 0.515. The van der Waals surface area contributed by atoms with Crippen LogP contribution in [0.3, 0.4) is 0 Å². The van der Waals surface area contributed by atoms with Gasteiger partial charge in [0.05, 0.1) is 12.7 Å². The van der Waals surface area contributed by atoms with Crippen LogP contribution in [0.4, 0.5) is 4.79 Å². The van der Waals surface area contributed by atoms with Crippen LogP contribution in [0.25, 0.3) is 0 Å². The number of carboxylic acid groups (broad SMARTS) is 2. The Hall–Kier alpha value is -1.83. The van der Waals surface area contributed by atoms with Crippen LogP contribution in [-0.2, 0) is 14.3 Å². The molecule has 0 aromatic carbocycles. The Morgan fingerprint density at radius 1 is 1.38 bits per heavy atom. The molecule has 3 N–H and O–H groups in total. The lowest BCUT2D eigenvalue weighted by Gasteiger charge is -2.33. The Labute approximate surface area is 123 Å². The molecule has 8 heteroatoms. The van der Waals surface area contributed by atoms with Gasteiger partial charge in [-0.1, -0.05) is 6.92 Å². The highest BCUT2D eigenvalue weighted by Gasteiger charge is 2.27. The van der Waals surface area contributed by atoms with Gasteiger partial charge in [0.25, 0.3) is 0 Å². The number of aliphatic carboxylic acids is 2. The molecule has 0 aromatic rings. The van der Waals surface area contributed by atoms with Crippen molar-refractivity contribution in [3.8, 4) is 0 Å². The number of carboxylic acids is 2. The van der Waals surface area contributed by atoms with Crippen LogP contribution in [0.2, 0.25) is 0 Å². The molecule has 0 bridgehead atoms. The number of hydrogen-bond donors (Lipinski definition) is 3. The van der Waals surface area contributed by atoms with E-state index in [1.807, 2.05) is 6.92 Å². The summed E-state index contributed by atoms with van der Waals surface area (Å²) in [6.07, 6.45) is 0.932. The molecule has 120 valence electrons. The second-order valence-corrected chi connectivity index (χ2v) is 4.97. The van der Waals surface area contributed by atoms with Crippen molar-refractivity contribution < 1.29 is 29.3 Å². The molecule has 2 atom stereocenters. The number of nitrogens with zero attached hydrogens (tertiary/aromatic N) is 1. The molecule has 1 aliphatic rings. The number of amides is 2. The second kappa shape index (κ2) is 8.46. The van der Waals surface area contributed by atoms with E-state index >= 15 is 0 Å². The number of carbonyl (C=O) groups excluding carboxylic acids is 1. The summed E-state index contributed by atoms with van der Waals surface area (Å²) in [5, 5.41) is 20.1. The Balaban J connectivity index is 2.47. The van der Waals surface area contributed by atoms with Crippen molar-refractivity contribution >= 4 is 18.0 Å². The van der Waals surface area contributed by atoms with Crippen molar-refractivity contribution in [2.24, 2.45) is 0 Å². The first kappa shape index (κ1) is 17.2. The summed E-state index contributed by atoms with van der Waals surface area (Å²) in [6, 6.07) is -1.51. The van der Waals surface area contributed by atoms with Gasteiger partial charge in [-0.25, -0.2) is 9.59 Å². The number of ether oxygens (including phenoxy) is 1. The SMILES string of the molecule is CCC1CN(C(=O)N[C@H](CCCC(=O)O)C(=O)O)CCO1. The van der Waals surface area contributed by atoms with E-state index in [9.17, 15) is 14.4 Å². The van der Waals surface area contributed by atoms with E-state index in [1.54, 1.807) is 0 Å². The number of urea groups is 1. The Morgan fingerprint density at radius 2 is 2.10 bits per heavy atom. The van der Waals surface area contributed by atoms with Crippen molar-refractivity contribution in [3.05, 3.63) is 0 Å². The van der Waals surface area contributed by atoms with E-state index in [-0.39, 0.29) is 25.4 Å². The van der Waals surface area contributed by atoms with Gasteiger partial charge in [-0.05, 0) is 19.3 Å². The smallest absolute Gasteiger partial charge is 0.326 e. The summed E-state index contributed by atoms with van der Waals surface area (Å²) < 4.78 is 5.45. The monoisotopic (exact) mass is 302 g/mol. The van der Waals surface area contributed by atoms with Gasteiger partial charge in [-0.15, -0.1) is 0 Å². The van der Waals surface area contributed by atoms with E-state index in [1.165, 1.54) is 4.90 Å². The molecule has 0 aromatic heterocycles. The fourth-order valence-electron chi connectivity index (χ4n) is 2.11. The maximum Gasteiger partial charge on any atom is 0.326 e. The third-order valence-corrected chi connectivity index (χ3v) is 3.36. The first-order valence-electron chi connectivity index (χ1n) is 7.05. The second-order valence-electron chi connectivity index (χ2n) is 4.97. The van der Waals surface area contributed by atoms with Gasteiger partial charge in [0.2, 0.25) is 0 Å². The van der Waals surface area contributed by atoms with Gasteiger partial charge < -0.3 is 25.2 Å². The van der Waals surface area contributed by atoms with Crippen LogP contribution in [0.5, 0.6) is 0 Å². The zero-order chi connectivity index (χ0) is 15.8. The predicted molar refractivity (Wildman–Crippen MR) is 73.0 cm³/mol. The number of morpholine rings is 1. The zero-order valence-corrected chi connectivity index (χ0v) is 12.1. The fourth-order valence-corrected chi connectivity index (χ4v) is 2.11. The lowest BCUT2D eigenvalue weighted by molar-refractivity contribution is -0.140. The largest absolute Gasteiger partial charge is 0.481 e. The first-order valence-corrected chi connectivity index (χ1v) is 7.05. The van der Waals surface area contributed by atoms with Crippen LogP contribution >= 0.6 is 0 Å². The average Bonchev–Trinajstić information content (AvgIpc) is 2.45. The van der Waals surface area contributed by atoms with E-state index in [0.717, 1.165) is 6.42 Å². The molecule has 1 saturated heterocycles. The Bertz CT molecular complexity index is 387. The van der Waals surface area contributed by atoms with Crippen LogP contribution in [0.15, 0.2) is 0 Å². The minimum Gasteiger partial charge on any atom is -0.481 e. The van der Waals surface area contributed by atoms with Crippen LogP contribution in [0, 0.1) is 0 Å². The molecule has 0 radical (unpaired) electrons. The first-order chi connectivity index (χ1) is 9.93. The van der Waals surface area contributed by atoms with Crippen LogP contribution in [-0.4, -0.2) is 64.9 Å². The van der Waals surface area contributed by atoms with Gasteiger partial charge in [0.15, 0.2) is 0 Å². The zero-order valence-electron chi connectivity index (χ0n) is 12.1. The summed E-state index contributed by atoms with van der Waals surface area (Å²) in [5.41, 5.74) is 0. The Morgan fingerprint density at radius 3 is 2.67 bits per heavy atom. The van der Waals surface area contributed by atoms with E-state index < -0.39 is 24.0 Å². The van der Waals surface area contributed by atoms with Gasteiger partial charge >= 0.3 is 18.0 Å². The molecule has 1 aliphatic heterocycles. The van der Waals surface area contributed by atoms with Crippen molar-refractivity contribution in [2.75, 3.05) is 19.7 Å². The third-order valence-electron chi connectivity index (χ3n) is 3.36. The quantitative estimate of drug-likeness (QED) is 0.631. The standard InChI is InChI=1S/C13H22N2O6/c1-2-9-8-15(6-7-21-9)13(20)14-10(12(18)19)4-3-5-11(16)17/h9-10H,2-8H2,1H3,(H,14,20)(H,16,17)(H,18,19)/t9?,10-/m1/s1. The fraction of sp³-hybridized carbons (Fsp3) is 0.769. The lowest BCUT2D eigenvalue weighted by atomic mass is 10.1. The minimum atomic E-state index is -1.16. The molecule has 21 heavy (non-hydrogen) atoms. The number of nitrogens with one attached hydrogen (secondary N) is 1. The molecular weight excluding hydrogens is 280 g/mol. The highest BCUT2D eigenvalue weighted by Crippen LogP contribution is 2.09. The molecule has 1 heterocycles. The van der Waals surface area contributed by atoms with Crippen molar-refractivity contribution in [1.82, 2.24) is 10.2 Å². The molecule has 0 aliphatic carbocycles. The molecule has 8 nitrogen and oxygen atoms in total. The summed E-state index contributed by atoms with van der Waals surface area (Å²) in [7, 11) is 0. The van der Waals surface area contributed by atoms with Crippen LogP contribution in [0.1, 0.15) is 32.6 Å². The lowest BCUT2D eigenvalue weighted by Crippen LogP contribution is -2.53. The topological polar surface area (TPSA) is 116 Å². The molecule has 1 rings (SSSR count). The van der Waals surface area contributed by atoms with Crippen LogP contribution < -0.4 is 5.32 Å². The van der Waals surface area contributed by atoms with Crippen molar-refractivity contribution in [2.45, 2.75) is 44.8 Å². The molecule has 0 spiro atoms. The average molecular weight is 302 g/mol.